The monoisotopic (exact) mass is 343 g/mol. The number of rotatable bonds is 3. The Hall–Kier alpha value is -1.13. The first-order valence-electron chi connectivity index (χ1n) is 10.0. The summed E-state index contributed by atoms with van der Waals surface area (Å²) in [6, 6.07) is 0.347. The van der Waals surface area contributed by atoms with Gasteiger partial charge in [0.1, 0.15) is 5.78 Å². The predicted octanol–water partition coefficient (Wildman–Crippen LogP) is 2.87. The van der Waals surface area contributed by atoms with Crippen molar-refractivity contribution in [1.29, 1.82) is 0 Å². The van der Waals surface area contributed by atoms with Gasteiger partial charge in [-0.1, -0.05) is 12.8 Å². The number of nitrogens with one attached hydrogen (secondary N) is 1. The molecule has 0 spiro atoms. The van der Waals surface area contributed by atoms with Crippen molar-refractivity contribution in [3.05, 3.63) is 23.0 Å². The molecule has 4 atom stereocenters. The van der Waals surface area contributed by atoms with E-state index in [4.69, 9.17) is 4.74 Å². The van der Waals surface area contributed by atoms with Gasteiger partial charge >= 0.3 is 0 Å². The Bertz CT molecular complexity index is 677. The topological polar surface area (TPSA) is 58.6 Å². The van der Waals surface area contributed by atoms with Crippen molar-refractivity contribution in [3.63, 3.8) is 0 Å². The highest BCUT2D eigenvalue weighted by molar-refractivity contribution is 5.91. The van der Waals surface area contributed by atoms with Gasteiger partial charge in [0, 0.05) is 18.9 Å². The molecule has 0 amide bonds. The van der Waals surface area contributed by atoms with Gasteiger partial charge in [-0.05, 0) is 67.7 Å². The quantitative estimate of drug-likeness (QED) is 0.827. The molecule has 5 aliphatic rings. The van der Waals surface area contributed by atoms with Gasteiger partial charge in [0.25, 0.3) is 0 Å². The van der Waals surface area contributed by atoms with Gasteiger partial charge in [0.15, 0.2) is 0 Å². The molecule has 25 heavy (non-hydrogen) atoms. The molecule has 1 saturated heterocycles. The van der Waals surface area contributed by atoms with Crippen LogP contribution in [0.5, 0.6) is 0 Å². The van der Waals surface area contributed by atoms with Gasteiger partial charge < -0.3 is 15.2 Å². The second-order valence-electron chi connectivity index (χ2n) is 8.97. The van der Waals surface area contributed by atoms with Crippen LogP contribution >= 0.6 is 0 Å². The molecule has 5 rings (SSSR count). The van der Waals surface area contributed by atoms with E-state index in [1.54, 1.807) is 7.11 Å². The highest BCUT2D eigenvalue weighted by atomic mass is 16.5. The molecular formula is C21H29NO3. The standard InChI is InChI=1S/C21H29NO3/c1-25-14-9-17-16(20(24,12-14)11-13-5-6-13)10-18-15-3-2-4-19(23)21(15,17)7-8-22-18/h9,13,15,18,22,24H,2-8,10-12H2,1H3/t15-,18+,20?,21-/m0/s1. The summed E-state index contributed by atoms with van der Waals surface area (Å²) in [7, 11) is 1.70. The van der Waals surface area contributed by atoms with E-state index in [2.05, 4.69) is 11.4 Å². The number of piperidine rings is 1. The molecule has 1 heterocycles. The molecule has 4 heteroatoms. The molecule has 0 aromatic rings. The third-order valence-corrected chi connectivity index (χ3v) is 7.61. The molecule has 0 radical (unpaired) electrons. The average Bonchev–Trinajstić information content (AvgIpc) is 3.39. The van der Waals surface area contributed by atoms with E-state index >= 15 is 0 Å². The minimum atomic E-state index is -0.816. The summed E-state index contributed by atoms with van der Waals surface area (Å²) in [5.74, 6) is 2.29. The molecule has 2 saturated carbocycles. The van der Waals surface area contributed by atoms with Crippen molar-refractivity contribution in [3.8, 4) is 0 Å². The van der Waals surface area contributed by atoms with Gasteiger partial charge in [0.2, 0.25) is 0 Å². The van der Waals surface area contributed by atoms with E-state index in [1.807, 2.05) is 0 Å². The van der Waals surface area contributed by atoms with E-state index in [1.165, 1.54) is 12.8 Å². The predicted molar refractivity (Wildman–Crippen MR) is 94.8 cm³/mol. The lowest BCUT2D eigenvalue weighted by molar-refractivity contribution is -0.136. The van der Waals surface area contributed by atoms with Crippen LogP contribution in [0.4, 0.5) is 0 Å². The van der Waals surface area contributed by atoms with Crippen LogP contribution < -0.4 is 5.32 Å². The lowest BCUT2D eigenvalue weighted by Crippen LogP contribution is -2.62. The first-order chi connectivity index (χ1) is 12.1. The number of carbonyl (C=O) groups excluding carboxylic acids is 1. The summed E-state index contributed by atoms with van der Waals surface area (Å²) in [5.41, 5.74) is 1.11. The number of Topliss-reactive ketones (excluding diaryl/α,β-unsaturated/α-hetero) is 1. The molecule has 136 valence electrons. The van der Waals surface area contributed by atoms with E-state index in [9.17, 15) is 9.90 Å². The maximum absolute atomic E-state index is 13.2. The number of ether oxygens (including phenoxy) is 1. The zero-order valence-electron chi connectivity index (χ0n) is 15.1. The first-order valence-corrected chi connectivity index (χ1v) is 10.0. The molecule has 4 aliphatic carbocycles. The number of ketones is 1. The van der Waals surface area contributed by atoms with Crippen molar-refractivity contribution >= 4 is 5.78 Å². The lowest BCUT2D eigenvalue weighted by Gasteiger charge is -2.57. The number of aliphatic hydroxyl groups is 1. The van der Waals surface area contributed by atoms with Crippen LogP contribution in [0.25, 0.3) is 0 Å². The Kier molecular flexibility index (Phi) is 3.49. The molecule has 2 bridgehead atoms. The summed E-state index contributed by atoms with van der Waals surface area (Å²) >= 11 is 0. The fourth-order valence-corrected chi connectivity index (χ4v) is 6.31. The van der Waals surface area contributed by atoms with E-state index in [0.717, 1.165) is 55.6 Å². The number of hydrogen-bond acceptors (Lipinski definition) is 4. The molecule has 0 aromatic carbocycles. The Morgan fingerprint density at radius 2 is 2.20 bits per heavy atom. The van der Waals surface area contributed by atoms with Crippen LogP contribution in [0.1, 0.15) is 57.8 Å². The molecule has 3 fully saturated rings. The van der Waals surface area contributed by atoms with Gasteiger partial charge in [-0.15, -0.1) is 0 Å². The van der Waals surface area contributed by atoms with Crippen LogP contribution in [-0.4, -0.2) is 36.2 Å². The molecule has 4 nitrogen and oxygen atoms in total. The van der Waals surface area contributed by atoms with Gasteiger partial charge in [-0.2, -0.15) is 0 Å². The zero-order valence-corrected chi connectivity index (χ0v) is 15.1. The Morgan fingerprint density at radius 3 is 2.96 bits per heavy atom. The number of methoxy groups -OCH3 is 1. The largest absolute Gasteiger partial charge is 0.501 e. The summed E-state index contributed by atoms with van der Waals surface area (Å²) in [4.78, 5) is 13.2. The van der Waals surface area contributed by atoms with Crippen molar-refractivity contribution in [2.75, 3.05) is 13.7 Å². The van der Waals surface area contributed by atoms with Crippen molar-refractivity contribution in [2.45, 2.75) is 69.4 Å². The number of hydrogen-bond donors (Lipinski definition) is 2. The smallest absolute Gasteiger partial charge is 0.143 e. The summed E-state index contributed by atoms with van der Waals surface area (Å²) in [5, 5.41) is 15.4. The second kappa shape index (κ2) is 5.43. The first kappa shape index (κ1) is 16.1. The third kappa shape index (κ3) is 2.23. The fraction of sp³-hybridized carbons (Fsp3) is 0.762. The summed E-state index contributed by atoms with van der Waals surface area (Å²) in [6.45, 7) is 0.904. The third-order valence-electron chi connectivity index (χ3n) is 7.61. The van der Waals surface area contributed by atoms with E-state index in [0.29, 0.717) is 36.5 Å². The molecule has 2 N–H and O–H groups in total. The van der Waals surface area contributed by atoms with E-state index < -0.39 is 5.60 Å². The molecule has 1 unspecified atom stereocenters. The summed E-state index contributed by atoms with van der Waals surface area (Å²) < 4.78 is 5.63. The maximum Gasteiger partial charge on any atom is 0.143 e. The second-order valence-corrected chi connectivity index (χ2v) is 8.97. The molecule has 0 aromatic heterocycles. The van der Waals surface area contributed by atoms with Crippen LogP contribution in [0.3, 0.4) is 0 Å². The Morgan fingerprint density at radius 1 is 1.36 bits per heavy atom. The van der Waals surface area contributed by atoms with Gasteiger partial charge in [-0.25, -0.2) is 0 Å². The van der Waals surface area contributed by atoms with Gasteiger partial charge in [0.05, 0.1) is 23.9 Å². The number of allylic oxidation sites excluding steroid dienone is 2. The molecule has 1 aliphatic heterocycles. The number of carbonyl (C=O) groups is 1. The minimum absolute atomic E-state index is 0.347. The SMILES string of the molecule is COC1=CC2=C(C[C@H]3NCC[C@@]24C(=O)CCC[C@@H]34)C(O)(CC2CC2)C1. The Labute approximate surface area is 149 Å². The Balaban J connectivity index is 1.68. The van der Waals surface area contributed by atoms with Crippen LogP contribution in [0, 0.1) is 17.3 Å². The highest BCUT2D eigenvalue weighted by Gasteiger charge is 2.60. The van der Waals surface area contributed by atoms with Crippen LogP contribution in [0.2, 0.25) is 0 Å². The van der Waals surface area contributed by atoms with Crippen LogP contribution in [-0.2, 0) is 9.53 Å². The highest BCUT2D eigenvalue weighted by Crippen LogP contribution is 2.60. The zero-order chi connectivity index (χ0) is 17.2. The van der Waals surface area contributed by atoms with Crippen molar-refractivity contribution in [1.82, 2.24) is 5.32 Å². The lowest BCUT2D eigenvalue weighted by atomic mass is 9.49. The summed E-state index contributed by atoms with van der Waals surface area (Å²) in [6.07, 6.45) is 10.6. The minimum Gasteiger partial charge on any atom is -0.501 e. The average molecular weight is 343 g/mol. The fourth-order valence-electron chi connectivity index (χ4n) is 6.31. The van der Waals surface area contributed by atoms with Gasteiger partial charge in [-0.3, -0.25) is 4.79 Å². The maximum atomic E-state index is 13.2. The molecular weight excluding hydrogens is 314 g/mol. The van der Waals surface area contributed by atoms with E-state index in [-0.39, 0.29) is 5.41 Å². The van der Waals surface area contributed by atoms with Crippen LogP contribution in [0.15, 0.2) is 23.0 Å². The normalized spacial score (nSPS) is 43.3. The van der Waals surface area contributed by atoms with Crippen molar-refractivity contribution < 1.29 is 14.6 Å². The van der Waals surface area contributed by atoms with Crippen molar-refractivity contribution in [2.24, 2.45) is 17.3 Å².